The molecule has 3 heterocycles. The lowest BCUT2D eigenvalue weighted by Crippen LogP contribution is -2.47. The van der Waals surface area contributed by atoms with Gasteiger partial charge in [0.25, 0.3) is 5.91 Å². The first kappa shape index (κ1) is 29.6. The number of piperidine rings is 1. The zero-order valence-corrected chi connectivity index (χ0v) is 25.8. The maximum atomic E-state index is 13.7. The molecule has 0 radical (unpaired) electrons. The molecule has 2 aromatic carbocycles. The van der Waals surface area contributed by atoms with E-state index in [0.717, 1.165) is 76.3 Å². The molecule has 0 bridgehead atoms. The number of hydrogen-bond acceptors (Lipinski definition) is 4. The third-order valence-corrected chi connectivity index (χ3v) is 9.58. The van der Waals surface area contributed by atoms with E-state index >= 15 is 0 Å². The van der Waals surface area contributed by atoms with E-state index in [1.807, 2.05) is 4.90 Å². The molecule has 1 aliphatic carbocycles. The maximum absolute atomic E-state index is 13.7. The normalized spacial score (nSPS) is 20.5. The van der Waals surface area contributed by atoms with E-state index in [1.54, 1.807) is 6.92 Å². The van der Waals surface area contributed by atoms with Crippen molar-refractivity contribution >= 4 is 17.5 Å². The van der Waals surface area contributed by atoms with Gasteiger partial charge in [-0.25, -0.2) is 0 Å². The molecule has 2 fully saturated rings. The highest BCUT2D eigenvalue weighted by Crippen LogP contribution is 2.52. The molecule has 222 valence electrons. The van der Waals surface area contributed by atoms with E-state index < -0.39 is 0 Å². The van der Waals surface area contributed by atoms with Gasteiger partial charge in [0.2, 0.25) is 5.91 Å². The zero-order valence-electron chi connectivity index (χ0n) is 25.8. The molecule has 1 saturated carbocycles. The van der Waals surface area contributed by atoms with Gasteiger partial charge in [0.15, 0.2) is 0 Å². The number of benzene rings is 2. The average molecular weight is 559 g/mol. The number of amides is 2. The fraction of sp³-hybridized carbons (Fsp3) is 0.600. The molecule has 1 saturated heterocycles. The minimum absolute atomic E-state index is 0.159. The van der Waals surface area contributed by atoms with Gasteiger partial charge >= 0.3 is 0 Å². The van der Waals surface area contributed by atoms with Crippen molar-refractivity contribution in [1.82, 2.24) is 14.7 Å². The molecule has 2 aromatic rings. The monoisotopic (exact) mass is 558 g/mol. The number of carbonyl (C=O) groups excluding carboxylic acids is 2. The van der Waals surface area contributed by atoms with Crippen molar-refractivity contribution in [2.24, 2.45) is 5.92 Å². The molecule has 1 atom stereocenters. The van der Waals surface area contributed by atoms with Crippen LogP contribution in [0.3, 0.4) is 0 Å². The highest BCUT2D eigenvalue weighted by atomic mass is 16.2. The van der Waals surface area contributed by atoms with Crippen LogP contribution in [-0.4, -0.2) is 71.8 Å². The second-order valence-electron chi connectivity index (χ2n) is 13.0. The minimum Gasteiger partial charge on any atom is -0.382 e. The van der Waals surface area contributed by atoms with Gasteiger partial charge in [0.05, 0.1) is 0 Å². The summed E-state index contributed by atoms with van der Waals surface area (Å²) in [7, 11) is 0. The fourth-order valence-corrected chi connectivity index (χ4v) is 6.85. The summed E-state index contributed by atoms with van der Waals surface area (Å²) in [6.45, 7) is 14.7. The van der Waals surface area contributed by atoms with Crippen molar-refractivity contribution in [2.45, 2.75) is 90.6 Å². The molecule has 1 spiro atoms. The molecular formula is C35H50N4O2. The number of nitrogens with one attached hydrogen (secondary N) is 1. The summed E-state index contributed by atoms with van der Waals surface area (Å²) in [5.74, 6) is 0.782. The van der Waals surface area contributed by atoms with Gasteiger partial charge in [-0.15, -0.1) is 0 Å². The van der Waals surface area contributed by atoms with Crippen LogP contribution in [0.4, 0.5) is 5.69 Å². The van der Waals surface area contributed by atoms with Crippen LogP contribution in [0.5, 0.6) is 0 Å². The first-order valence-electron chi connectivity index (χ1n) is 16.1. The van der Waals surface area contributed by atoms with Gasteiger partial charge in [-0.1, -0.05) is 63.9 Å². The highest BCUT2D eigenvalue weighted by Gasteiger charge is 2.51. The van der Waals surface area contributed by atoms with Crippen molar-refractivity contribution in [3.8, 4) is 0 Å². The minimum atomic E-state index is 0.159. The van der Waals surface area contributed by atoms with Gasteiger partial charge < -0.3 is 15.1 Å². The molecule has 2 amide bonds. The number of fused-ring (bicyclic) bond motifs is 3. The standard InChI is InChI=1S/C31H40N4O2.C4H10/c1-22(18-33-14-9-24-5-3-4-6-25(24)20-33)19-35-21-31(12-13-31)29-8-7-27(17-28(29)30(35)37)32-26-10-15-34(16-11-26)23(2)36;1-3-4-2/h3-8,17,22,26,32H,9-16,18-21H2,1-2H3;3-4H2,1-2H3. The summed E-state index contributed by atoms with van der Waals surface area (Å²) < 4.78 is 0. The molecule has 4 aliphatic rings. The van der Waals surface area contributed by atoms with Gasteiger partial charge in [-0.2, -0.15) is 0 Å². The van der Waals surface area contributed by atoms with Crippen LogP contribution in [0.1, 0.15) is 93.3 Å². The highest BCUT2D eigenvalue weighted by molar-refractivity contribution is 5.98. The Morgan fingerprint density at radius 2 is 1.71 bits per heavy atom. The number of carbonyl (C=O) groups is 2. The van der Waals surface area contributed by atoms with Gasteiger partial charge in [0, 0.05) is 75.4 Å². The fourth-order valence-electron chi connectivity index (χ4n) is 6.85. The Morgan fingerprint density at radius 1 is 1.00 bits per heavy atom. The SMILES string of the molecule is CC(=O)N1CCC(Nc2ccc3c(c2)C(=O)N(CC(C)CN2CCc4ccccc4C2)CC32CC2)CC1.CCCC. The number of rotatable bonds is 7. The number of hydrogen-bond donors (Lipinski definition) is 1. The largest absolute Gasteiger partial charge is 0.382 e. The summed E-state index contributed by atoms with van der Waals surface area (Å²) in [4.78, 5) is 32.0. The van der Waals surface area contributed by atoms with Crippen LogP contribution in [0.25, 0.3) is 0 Å². The smallest absolute Gasteiger partial charge is 0.254 e. The number of likely N-dealkylation sites (tertiary alicyclic amines) is 1. The number of anilines is 1. The molecule has 0 aromatic heterocycles. The molecule has 6 heteroatoms. The molecular weight excluding hydrogens is 508 g/mol. The Labute approximate surface area is 247 Å². The summed E-state index contributed by atoms with van der Waals surface area (Å²) in [5, 5.41) is 3.66. The third-order valence-electron chi connectivity index (χ3n) is 9.58. The third kappa shape index (κ3) is 6.97. The van der Waals surface area contributed by atoms with Crippen molar-refractivity contribution < 1.29 is 9.59 Å². The lowest BCUT2D eigenvalue weighted by atomic mass is 9.85. The quantitative estimate of drug-likeness (QED) is 0.446. The lowest BCUT2D eigenvalue weighted by molar-refractivity contribution is -0.129. The first-order chi connectivity index (χ1) is 19.8. The van der Waals surface area contributed by atoms with Crippen molar-refractivity contribution in [3.63, 3.8) is 0 Å². The Bertz CT molecular complexity index is 1210. The predicted molar refractivity (Wildman–Crippen MR) is 167 cm³/mol. The van der Waals surface area contributed by atoms with E-state index in [1.165, 1.54) is 42.4 Å². The van der Waals surface area contributed by atoms with Gasteiger partial charge in [0.1, 0.15) is 0 Å². The summed E-state index contributed by atoms with van der Waals surface area (Å²) >= 11 is 0. The van der Waals surface area contributed by atoms with E-state index in [0.29, 0.717) is 12.0 Å². The van der Waals surface area contributed by atoms with Gasteiger partial charge in [-0.3, -0.25) is 14.5 Å². The van der Waals surface area contributed by atoms with Gasteiger partial charge in [-0.05, 0) is 66.8 Å². The molecule has 1 N–H and O–H groups in total. The van der Waals surface area contributed by atoms with Crippen molar-refractivity contribution in [2.75, 3.05) is 44.6 Å². The average Bonchev–Trinajstić information content (AvgIpc) is 3.76. The van der Waals surface area contributed by atoms with Crippen molar-refractivity contribution in [1.29, 1.82) is 0 Å². The van der Waals surface area contributed by atoms with Crippen LogP contribution < -0.4 is 5.32 Å². The Morgan fingerprint density at radius 3 is 2.37 bits per heavy atom. The topological polar surface area (TPSA) is 55.9 Å². The summed E-state index contributed by atoms with van der Waals surface area (Å²) in [6.07, 6.45) is 8.00. The first-order valence-corrected chi connectivity index (χ1v) is 16.1. The zero-order chi connectivity index (χ0) is 29.0. The van der Waals surface area contributed by atoms with E-state index in [9.17, 15) is 9.59 Å². The molecule has 3 aliphatic heterocycles. The molecule has 41 heavy (non-hydrogen) atoms. The van der Waals surface area contributed by atoms with Crippen LogP contribution >= 0.6 is 0 Å². The Balaban J connectivity index is 0.000000794. The van der Waals surface area contributed by atoms with E-state index in [-0.39, 0.29) is 17.2 Å². The maximum Gasteiger partial charge on any atom is 0.254 e. The van der Waals surface area contributed by atoms with Crippen LogP contribution in [0.2, 0.25) is 0 Å². The Hall–Kier alpha value is -2.86. The van der Waals surface area contributed by atoms with Crippen LogP contribution in [0, 0.1) is 5.92 Å². The second kappa shape index (κ2) is 13.0. The van der Waals surface area contributed by atoms with E-state index in [2.05, 4.69) is 78.4 Å². The van der Waals surface area contributed by atoms with Crippen LogP contribution in [0.15, 0.2) is 42.5 Å². The molecule has 6 rings (SSSR count). The molecule has 1 unspecified atom stereocenters. The molecule has 6 nitrogen and oxygen atoms in total. The second-order valence-corrected chi connectivity index (χ2v) is 13.0. The number of nitrogens with zero attached hydrogens (tertiary/aromatic N) is 3. The number of unbranched alkanes of at least 4 members (excludes halogenated alkanes) is 1. The van der Waals surface area contributed by atoms with Crippen molar-refractivity contribution in [3.05, 3.63) is 64.7 Å². The predicted octanol–water partition coefficient (Wildman–Crippen LogP) is 6.10. The summed E-state index contributed by atoms with van der Waals surface area (Å²) in [6, 6.07) is 15.6. The van der Waals surface area contributed by atoms with E-state index in [4.69, 9.17) is 0 Å². The lowest BCUT2D eigenvalue weighted by Gasteiger charge is -2.38. The Kier molecular flexibility index (Phi) is 9.38. The van der Waals surface area contributed by atoms with Crippen LogP contribution in [-0.2, 0) is 23.2 Å². The summed E-state index contributed by atoms with van der Waals surface area (Å²) in [5.41, 5.74) is 6.29.